The Bertz CT molecular complexity index is 925. The van der Waals surface area contributed by atoms with E-state index in [1.807, 2.05) is 24.3 Å². The third-order valence-corrected chi connectivity index (χ3v) is 5.19. The average molecular weight is 418 g/mol. The molecule has 0 saturated carbocycles. The largest absolute Gasteiger partial charge is 0.360 e. The maximum atomic E-state index is 12.4. The number of rotatable bonds is 6. The van der Waals surface area contributed by atoms with Crippen molar-refractivity contribution in [3.8, 4) is 0 Å². The van der Waals surface area contributed by atoms with Crippen LogP contribution in [-0.2, 0) is 4.79 Å². The van der Waals surface area contributed by atoms with Crippen molar-refractivity contribution in [2.24, 2.45) is 0 Å². The fourth-order valence-corrected chi connectivity index (χ4v) is 3.51. The van der Waals surface area contributed by atoms with Gasteiger partial charge in [-0.2, -0.15) is 0 Å². The number of ketones is 1. The SMILES string of the molecule is CC(=O)c1ccc(N2CC[NH+](CC(=O)Nc3ccc(Cl)cc3[N+](=O)[O-])CC2)cc1. The quantitative estimate of drug-likeness (QED) is 0.424. The molecule has 8 nitrogen and oxygen atoms in total. The van der Waals surface area contributed by atoms with Crippen LogP contribution in [0.1, 0.15) is 17.3 Å². The summed E-state index contributed by atoms with van der Waals surface area (Å²) in [6, 6.07) is 11.7. The minimum Gasteiger partial charge on any atom is -0.360 e. The molecule has 1 aliphatic rings. The monoisotopic (exact) mass is 417 g/mol. The molecule has 2 aromatic carbocycles. The van der Waals surface area contributed by atoms with Crippen molar-refractivity contribution in [2.75, 3.05) is 42.9 Å². The van der Waals surface area contributed by atoms with Crippen molar-refractivity contribution in [2.45, 2.75) is 6.92 Å². The van der Waals surface area contributed by atoms with E-state index in [-0.39, 0.29) is 34.6 Å². The van der Waals surface area contributed by atoms with E-state index in [1.165, 1.54) is 18.2 Å². The molecular formula is C20H22ClN4O4+. The van der Waals surface area contributed by atoms with Crippen LogP contribution in [0.5, 0.6) is 0 Å². The zero-order valence-corrected chi connectivity index (χ0v) is 16.7. The molecule has 0 aromatic heterocycles. The van der Waals surface area contributed by atoms with E-state index in [9.17, 15) is 19.7 Å². The molecule has 9 heteroatoms. The number of carbonyl (C=O) groups excluding carboxylic acids is 2. The van der Waals surface area contributed by atoms with E-state index < -0.39 is 4.92 Å². The van der Waals surface area contributed by atoms with Crippen LogP contribution in [0, 0.1) is 10.1 Å². The number of amides is 1. The Morgan fingerprint density at radius 3 is 2.41 bits per heavy atom. The normalized spacial score (nSPS) is 14.5. The smallest absolute Gasteiger partial charge is 0.294 e. The summed E-state index contributed by atoms with van der Waals surface area (Å²) in [5, 5.41) is 14.0. The molecule has 152 valence electrons. The summed E-state index contributed by atoms with van der Waals surface area (Å²) in [7, 11) is 0. The van der Waals surface area contributed by atoms with E-state index in [2.05, 4.69) is 10.2 Å². The summed E-state index contributed by atoms with van der Waals surface area (Å²) < 4.78 is 0. The van der Waals surface area contributed by atoms with Gasteiger partial charge in [-0.05, 0) is 43.3 Å². The first-order valence-electron chi connectivity index (χ1n) is 9.27. The number of carbonyl (C=O) groups is 2. The highest BCUT2D eigenvalue weighted by Gasteiger charge is 2.24. The molecule has 0 spiro atoms. The maximum Gasteiger partial charge on any atom is 0.294 e. The molecule has 0 unspecified atom stereocenters. The second-order valence-electron chi connectivity index (χ2n) is 6.98. The van der Waals surface area contributed by atoms with Crippen molar-refractivity contribution >= 4 is 40.4 Å². The zero-order valence-electron chi connectivity index (χ0n) is 16.0. The molecule has 1 saturated heterocycles. The van der Waals surface area contributed by atoms with Crippen LogP contribution in [-0.4, -0.2) is 49.3 Å². The van der Waals surface area contributed by atoms with E-state index in [4.69, 9.17) is 11.6 Å². The van der Waals surface area contributed by atoms with Gasteiger partial charge in [-0.3, -0.25) is 19.7 Å². The summed E-state index contributed by atoms with van der Waals surface area (Å²) in [4.78, 5) is 37.6. The zero-order chi connectivity index (χ0) is 21.0. The molecular weight excluding hydrogens is 396 g/mol. The van der Waals surface area contributed by atoms with Crippen LogP contribution < -0.4 is 15.1 Å². The first-order chi connectivity index (χ1) is 13.8. The summed E-state index contributed by atoms with van der Waals surface area (Å²) in [5.41, 5.74) is 1.66. The van der Waals surface area contributed by atoms with Crippen LogP contribution in [0.3, 0.4) is 0 Å². The predicted octanol–water partition coefficient (Wildman–Crippen LogP) is 1.79. The number of nitrogens with one attached hydrogen (secondary N) is 2. The molecule has 2 N–H and O–H groups in total. The fraction of sp³-hybridized carbons (Fsp3) is 0.300. The molecule has 0 aliphatic carbocycles. The summed E-state index contributed by atoms with van der Waals surface area (Å²) >= 11 is 5.80. The summed E-state index contributed by atoms with van der Waals surface area (Å²) in [6.45, 7) is 4.87. The Hall–Kier alpha value is -2.97. The van der Waals surface area contributed by atoms with Gasteiger partial charge in [0.1, 0.15) is 5.69 Å². The number of Topliss-reactive ketones (excluding diaryl/α,β-unsaturated/α-hetero) is 1. The van der Waals surface area contributed by atoms with Gasteiger partial charge in [0.05, 0.1) is 31.1 Å². The van der Waals surface area contributed by atoms with Crippen LogP contribution in [0.4, 0.5) is 17.1 Å². The molecule has 2 aromatic rings. The number of quaternary nitrogens is 1. The first kappa shape index (κ1) is 20.8. The van der Waals surface area contributed by atoms with Crippen LogP contribution >= 0.6 is 11.6 Å². The van der Waals surface area contributed by atoms with Gasteiger partial charge in [0.25, 0.3) is 11.6 Å². The minimum absolute atomic E-state index is 0.0396. The van der Waals surface area contributed by atoms with Gasteiger partial charge in [0, 0.05) is 22.3 Å². The number of hydrogen-bond donors (Lipinski definition) is 2. The van der Waals surface area contributed by atoms with Crippen molar-refractivity contribution in [3.63, 3.8) is 0 Å². The van der Waals surface area contributed by atoms with E-state index in [1.54, 1.807) is 6.92 Å². The van der Waals surface area contributed by atoms with Crippen molar-refractivity contribution in [1.82, 2.24) is 0 Å². The molecule has 1 fully saturated rings. The molecule has 1 heterocycles. The topological polar surface area (TPSA) is 97.0 Å². The highest BCUT2D eigenvalue weighted by Crippen LogP contribution is 2.27. The van der Waals surface area contributed by atoms with Crippen molar-refractivity contribution in [3.05, 3.63) is 63.2 Å². The molecule has 1 aliphatic heterocycles. The number of benzene rings is 2. The van der Waals surface area contributed by atoms with Gasteiger partial charge in [0.2, 0.25) is 0 Å². The Labute approximate surface area is 173 Å². The highest BCUT2D eigenvalue weighted by molar-refractivity contribution is 6.31. The van der Waals surface area contributed by atoms with E-state index in [0.717, 1.165) is 36.8 Å². The lowest BCUT2D eigenvalue weighted by molar-refractivity contribution is -0.892. The van der Waals surface area contributed by atoms with Gasteiger partial charge in [-0.1, -0.05) is 11.6 Å². The van der Waals surface area contributed by atoms with Crippen LogP contribution in [0.15, 0.2) is 42.5 Å². The number of nitro groups is 1. The second kappa shape index (κ2) is 9.02. The molecule has 3 rings (SSSR count). The second-order valence-corrected chi connectivity index (χ2v) is 7.42. The summed E-state index contributed by atoms with van der Waals surface area (Å²) in [5.74, 6) is -0.234. The van der Waals surface area contributed by atoms with Gasteiger partial charge >= 0.3 is 0 Å². The Balaban J connectivity index is 1.54. The fourth-order valence-electron chi connectivity index (χ4n) is 3.35. The highest BCUT2D eigenvalue weighted by atomic mass is 35.5. The van der Waals surface area contributed by atoms with Crippen molar-refractivity contribution in [1.29, 1.82) is 0 Å². The number of nitrogens with zero attached hydrogens (tertiary/aromatic N) is 2. The van der Waals surface area contributed by atoms with Gasteiger partial charge in [-0.25, -0.2) is 0 Å². The number of nitro benzene ring substituents is 1. The van der Waals surface area contributed by atoms with Gasteiger partial charge in [0.15, 0.2) is 12.3 Å². The Morgan fingerprint density at radius 2 is 1.83 bits per heavy atom. The molecule has 1 amide bonds. The van der Waals surface area contributed by atoms with Crippen molar-refractivity contribution < 1.29 is 19.4 Å². The predicted molar refractivity (Wildman–Crippen MR) is 111 cm³/mol. The van der Waals surface area contributed by atoms with Gasteiger partial charge < -0.3 is 15.1 Å². The third kappa shape index (κ3) is 5.30. The average Bonchev–Trinajstić information content (AvgIpc) is 2.70. The lowest BCUT2D eigenvalue weighted by Gasteiger charge is -2.33. The summed E-state index contributed by atoms with van der Waals surface area (Å²) in [6.07, 6.45) is 0. The minimum atomic E-state index is -0.565. The lowest BCUT2D eigenvalue weighted by Crippen LogP contribution is -3.15. The van der Waals surface area contributed by atoms with E-state index >= 15 is 0 Å². The number of hydrogen-bond acceptors (Lipinski definition) is 5. The molecule has 0 bridgehead atoms. The lowest BCUT2D eigenvalue weighted by atomic mass is 10.1. The maximum absolute atomic E-state index is 12.4. The molecule has 0 atom stereocenters. The van der Waals surface area contributed by atoms with E-state index in [0.29, 0.717) is 5.56 Å². The third-order valence-electron chi connectivity index (χ3n) is 4.95. The van der Waals surface area contributed by atoms with Crippen LogP contribution in [0.2, 0.25) is 5.02 Å². The number of piperazine rings is 1. The Morgan fingerprint density at radius 1 is 1.17 bits per heavy atom. The van der Waals surface area contributed by atoms with Gasteiger partial charge in [-0.15, -0.1) is 0 Å². The van der Waals surface area contributed by atoms with Crippen LogP contribution in [0.25, 0.3) is 0 Å². The molecule has 29 heavy (non-hydrogen) atoms. The first-order valence-corrected chi connectivity index (χ1v) is 9.64. The Kier molecular flexibility index (Phi) is 6.46. The molecule has 0 radical (unpaired) electrons. The number of halogens is 1. The number of anilines is 2. The standard InChI is InChI=1S/C20H21ClN4O4/c1-14(26)15-2-5-17(6-3-15)24-10-8-23(9-11-24)13-20(27)22-18-7-4-16(21)12-19(18)25(28)29/h2-7,12H,8-11,13H2,1H3,(H,22,27)/p+1.